The molecular weight excluding hydrogens is 194 g/mol. The molecule has 0 bridgehead atoms. The molecule has 1 heterocycles. The van der Waals surface area contributed by atoms with Gasteiger partial charge < -0.3 is 14.6 Å². The van der Waals surface area contributed by atoms with Crippen molar-refractivity contribution in [1.82, 2.24) is 15.5 Å². The van der Waals surface area contributed by atoms with Crippen LogP contribution >= 0.6 is 0 Å². The zero-order chi connectivity index (χ0) is 11.1. The number of methoxy groups -OCH3 is 1. The summed E-state index contributed by atoms with van der Waals surface area (Å²) in [4.78, 5) is 4.17. The third kappa shape index (κ3) is 4.40. The molecule has 5 nitrogen and oxygen atoms in total. The molecule has 0 aliphatic heterocycles. The van der Waals surface area contributed by atoms with Gasteiger partial charge in [-0.3, -0.25) is 0 Å². The van der Waals surface area contributed by atoms with Crippen LogP contribution in [0.2, 0.25) is 0 Å². The summed E-state index contributed by atoms with van der Waals surface area (Å²) < 4.78 is 10.2. The van der Waals surface area contributed by atoms with Crippen LogP contribution in [-0.2, 0) is 11.2 Å². The fourth-order valence-corrected chi connectivity index (χ4v) is 1.37. The van der Waals surface area contributed by atoms with Crippen LogP contribution in [0.25, 0.3) is 0 Å². The van der Waals surface area contributed by atoms with Crippen LogP contribution in [-0.4, -0.2) is 36.4 Å². The summed E-state index contributed by atoms with van der Waals surface area (Å²) in [5.41, 5.74) is 0. The predicted molar refractivity (Wildman–Crippen MR) is 56.7 cm³/mol. The maximum Gasteiger partial charge on any atom is 0.228 e. The molecule has 0 saturated carbocycles. The van der Waals surface area contributed by atoms with Gasteiger partial charge in [0.2, 0.25) is 5.89 Å². The molecule has 0 spiro atoms. The summed E-state index contributed by atoms with van der Waals surface area (Å²) >= 11 is 0. The Balaban J connectivity index is 2.42. The minimum absolute atomic E-state index is 0.245. The molecule has 1 rings (SSSR count). The average molecular weight is 213 g/mol. The molecule has 15 heavy (non-hydrogen) atoms. The van der Waals surface area contributed by atoms with Gasteiger partial charge in [0.1, 0.15) is 0 Å². The monoisotopic (exact) mass is 213 g/mol. The Kier molecular flexibility index (Phi) is 5.28. The van der Waals surface area contributed by atoms with E-state index in [1.807, 2.05) is 6.92 Å². The molecule has 0 fully saturated rings. The fourth-order valence-electron chi connectivity index (χ4n) is 1.37. The van der Waals surface area contributed by atoms with Crippen LogP contribution < -0.4 is 5.32 Å². The summed E-state index contributed by atoms with van der Waals surface area (Å²) in [5.74, 6) is 1.34. The van der Waals surface area contributed by atoms with E-state index in [9.17, 15) is 0 Å². The van der Waals surface area contributed by atoms with Crippen molar-refractivity contribution in [3.63, 3.8) is 0 Å². The average Bonchev–Trinajstić information content (AvgIpc) is 2.61. The van der Waals surface area contributed by atoms with Gasteiger partial charge in [0.05, 0.1) is 6.61 Å². The lowest BCUT2D eigenvalue weighted by atomic mass is 10.2. The van der Waals surface area contributed by atoms with Gasteiger partial charge in [-0.1, -0.05) is 12.1 Å². The Labute approximate surface area is 90.2 Å². The summed E-state index contributed by atoms with van der Waals surface area (Å²) in [6.45, 7) is 5.58. The third-order valence-corrected chi connectivity index (χ3v) is 2.04. The van der Waals surface area contributed by atoms with E-state index in [4.69, 9.17) is 9.26 Å². The second kappa shape index (κ2) is 6.53. The molecule has 0 amide bonds. The molecule has 5 heteroatoms. The Morgan fingerprint density at radius 1 is 1.53 bits per heavy atom. The van der Waals surface area contributed by atoms with Gasteiger partial charge in [0.15, 0.2) is 5.82 Å². The molecule has 0 aliphatic carbocycles. The van der Waals surface area contributed by atoms with Crippen LogP contribution in [0, 0.1) is 6.92 Å². The second-order valence-corrected chi connectivity index (χ2v) is 3.55. The summed E-state index contributed by atoms with van der Waals surface area (Å²) in [6.07, 6.45) is 1.82. The van der Waals surface area contributed by atoms with E-state index in [0.717, 1.165) is 13.0 Å². The standard InChI is InChI=1S/C10H19N3O2/c1-4-5-11-9(7-14-3)6-10-12-8(2)13-15-10/h9,11H,4-7H2,1-3H3. The largest absolute Gasteiger partial charge is 0.383 e. The minimum atomic E-state index is 0.245. The summed E-state index contributed by atoms with van der Waals surface area (Å²) in [6, 6.07) is 0.245. The molecule has 1 atom stereocenters. The molecule has 86 valence electrons. The van der Waals surface area contributed by atoms with Crippen LogP contribution in [0.5, 0.6) is 0 Å². The SMILES string of the molecule is CCCNC(COC)Cc1nc(C)no1. The summed E-state index contributed by atoms with van der Waals surface area (Å²) in [7, 11) is 1.69. The molecule has 1 aromatic rings. The number of rotatable bonds is 7. The second-order valence-electron chi connectivity index (χ2n) is 3.55. The molecule has 0 aliphatic rings. The van der Waals surface area contributed by atoms with Gasteiger partial charge in [0.25, 0.3) is 0 Å². The number of aromatic nitrogens is 2. The first-order chi connectivity index (χ1) is 7.26. The highest BCUT2D eigenvalue weighted by molar-refractivity contribution is 4.87. The Bertz CT molecular complexity index is 275. The lowest BCUT2D eigenvalue weighted by Crippen LogP contribution is -2.35. The van der Waals surface area contributed by atoms with Gasteiger partial charge in [-0.05, 0) is 19.9 Å². The first-order valence-electron chi connectivity index (χ1n) is 5.27. The molecule has 1 unspecified atom stereocenters. The van der Waals surface area contributed by atoms with E-state index in [2.05, 4.69) is 22.4 Å². The highest BCUT2D eigenvalue weighted by Gasteiger charge is 2.12. The van der Waals surface area contributed by atoms with E-state index in [-0.39, 0.29) is 6.04 Å². The smallest absolute Gasteiger partial charge is 0.228 e. The van der Waals surface area contributed by atoms with E-state index < -0.39 is 0 Å². The zero-order valence-corrected chi connectivity index (χ0v) is 9.62. The number of nitrogens with zero attached hydrogens (tertiary/aromatic N) is 2. The van der Waals surface area contributed by atoms with E-state index >= 15 is 0 Å². The maximum absolute atomic E-state index is 5.13. The van der Waals surface area contributed by atoms with Crippen LogP contribution in [0.4, 0.5) is 0 Å². The van der Waals surface area contributed by atoms with E-state index in [0.29, 0.717) is 24.7 Å². The normalized spacial score (nSPS) is 13.0. The van der Waals surface area contributed by atoms with Gasteiger partial charge in [-0.2, -0.15) is 4.98 Å². The zero-order valence-electron chi connectivity index (χ0n) is 9.62. The summed E-state index contributed by atoms with van der Waals surface area (Å²) in [5, 5.41) is 7.13. The Morgan fingerprint density at radius 3 is 2.87 bits per heavy atom. The van der Waals surface area contributed by atoms with Crippen molar-refractivity contribution in [3.05, 3.63) is 11.7 Å². The molecule has 1 N–H and O–H groups in total. The number of hydrogen-bond acceptors (Lipinski definition) is 5. The molecule has 0 aromatic carbocycles. The quantitative estimate of drug-likeness (QED) is 0.730. The van der Waals surface area contributed by atoms with Crippen LogP contribution in [0.3, 0.4) is 0 Å². The molecular formula is C10H19N3O2. The Hall–Kier alpha value is -0.940. The highest BCUT2D eigenvalue weighted by Crippen LogP contribution is 2.01. The number of aryl methyl sites for hydroxylation is 1. The van der Waals surface area contributed by atoms with Crippen LogP contribution in [0.15, 0.2) is 4.52 Å². The van der Waals surface area contributed by atoms with Gasteiger partial charge in [0, 0.05) is 19.6 Å². The van der Waals surface area contributed by atoms with Crippen LogP contribution in [0.1, 0.15) is 25.1 Å². The number of ether oxygens (including phenoxy) is 1. The van der Waals surface area contributed by atoms with Crippen molar-refractivity contribution in [2.45, 2.75) is 32.7 Å². The van der Waals surface area contributed by atoms with Crippen molar-refractivity contribution >= 4 is 0 Å². The van der Waals surface area contributed by atoms with E-state index in [1.165, 1.54) is 0 Å². The molecule has 0 radical (unpaired) electrons. The third-order valence-electron chi connectivity index (χ3n) is 2.04. The van der Waals surface area contributed by atoms with Gasteiger partial charge in [-0.25, -0.2) is 0 Å². The first kappa shape index (κ1) is 12.1. The van der Waals surface area contributed by atoms with Crippen molar-refractivity contribution < 1.29 is 9.26 Å². The lowest BCUT2D eigenvalue weighted by Gasteiger charge is -2.15. The highest BCUT2D eigenvalue weighted by atomic mass is 16.5. The minimum Gasteiger partial charge on any atom is -0.383 e. The van der Waals surface area contributed by atoms with Crippen molar-refractivity contribution in [2.24, 2.45) is 0 Å². The number of nitrogens with one attached hydrogen (secondary N) is 1. The van der Waals surface area contributed by atoms with Crippen molar-refractivity contribution in [2.75, 3.05) is 20.3 Å². The first-order valence-corrected chi connectivity index (χ1v) is 5.27. The van der Waals surface area contributed by atoms with E-state index in [1.54, 1.807) is 7.11 Å². The van der Waals surface area contributed by atoms with Gasteiger partial charge in [-0.15, -0.1) is 0 Å². The van der Waals surface area contributed by atoms with Crippen molar-refractivity contribution in [3.8, 4) is 0 Å². The fraction of sp³-hybridized carbons (Fsp3) is 0.800. The predicted octanol–water partition coefficient (Wildman–Crippen LogP) is 0.935. The Morgan fingerprint density at radius 2 is 2.33 bits per heavy atom. The maximum atomic E-state index is 5.13. The van der Waals surface area contributed by atoms with Gasteiger partial charge >= 0.3 is 0 Å². The number of hydrogen-bond donors (Lipinski definition) is 1. The molecule has 1 aromatic heterocycles. The molecule has 0 saturated heterocycles. The van der Waals surface area contributed by atoms with Crippen molar-refractivity contribution in [1.29, 1.82) is 0 Å². The topological polar surface area (TPSA) is 60.2 Å². The lowest BCUT2D eigenvalue weighted by molar-refractivity contribution is 0.161.